The number of piperidine rings is 1. The van der Waals surface area contributed by atoms with Crippen molar-refractivity contribution in [1.29, 1.82) is 0 Å². The number of piperazine rings is 1. The van der Waals surface area contributed by atoms with Crippen molar-refractivity contribution in [1.82, 2.24) is 23.5 Å². The summed E-state index contributed by atoms with van der Waals surface area (Å²) < 4.78 is 29.9. The lowest BCUT2D eigenvalue weighted by molar-refractivity contribution is -0.138. The van der Waals surface area contributed by atoms with Crippen LogP contribution in [-0.2, 0) is 21.4 Å². The highest BCUT2D eigenvalue weighted by atomic mass is 32.2. The third kappa shape index (κ3) is 4.98. The zero-order valence-corrected chi connectivity index (χ0v) is 21.2. The number of benzene rings is 1. The Hall–Kier alpha value is -2.75. The Bertz CT molecular complexity index is 1290. The number of nitrogens with zero attached hydrogens (tertiary/aromatic N) is 5. The van der Waals surface area contributed by atoms with E-state index in [0.717, 1.165) is 42.1 Å². The Labute approximate surface area is 207 Å². The average Bonchev–Trinajstić information content (AvgIpc) is 3.26. The molecule has 1 amide bonds. The van der Waals surface area contributed by atoms with E-state index in [4.69, 9.17) is 0 Å². The van der Waals surface area contributed by atoms with Gasteiger partial charge in [0.2, 0.25) is 15.9 Å². The van der Waals surface area contributed by atoms with Crippen LogP contribution in [0, 0.1) is 19.8 Å². The predicted molar refractivity (Wildman–Crippen MR) is 134 cm³/mol. The molecule has 5 rings (SSSR count). The second kappa shape index (κ2) is 9.72. The first kappa shape index (κ1) is 24.0. The van der Waals surface area contributed by atoms with Crippen molar-refractivity contribution in [3.05, 3.63) is 65.6 Å². The Balaban J connectivity index is 1.13. The number of fused-ring (bicyclic) bond motifs is 1. The van der Waals surface area contributed by atoms with Gasteiger partial charge in [-0.1, -0.05) is 23.8 Å². The van der Waals surface area contributed by atoms with Crippen molar-refractivity contribution < 1.29 is 13.2 Å². The summed E-state index contributed by atoms with van der Waals surface area (Å²) in [5, 5.41) is 0. The molecule has 3 aromatic rings. The van der Waals surface area contributed by atoms with Gasteiger partial charge in [0, 0.05) is 64.1 Å². The fourth-order valence-electron chi connectivity index (χ4n) is 5.25. The summed E-state index contributed by atoms with van der Waals surface area (Å²) in [5.74, 6) is 0.0616. The SMILES string of the molecule is Cc1ccc(S(=O)(=O)N2CCC(C(=O)N3CCN(Cc4cn5ccccc5n4)CC3)CC2)c(C)c1. The van der Waals surface area contributed by atoms with Crippen molar-refractivity contribution >= 4 is 21.6 Å². The lowest BCUT2D eigenvalue weighted by Crippen LogP contribution is -2.51. The molecule has 0 spiro atoms. The first-order chi connectivity index (χ1) is 16.8. The molecule has 0 N–H and O–H groups in total. The second-order valence-corrected chi connectivity index (χ2v) is 11.7. The highest BCUT2D eigenvalue weighted by Crippen LogP contribution is 2.27. The monoisotopic (exact) mass is 495 g/mol. The maximum absolute atomic E-state index is 13.2. The van der Waals surface area contributed by atoms with Gasteiger partial charge in [0.05, 0.1) is 10.6 Å². The fraction of sp³-hybridized carbons (Fsp3) is 0.462. The minimum absolute atomic E-state index is 0.106. The molecule has 0 radical (unpaired) electrons. The molecule has 186 valence electrons. The lowest BCUT2D eigenvalue weighted by Gasteiger charge is -2.38. The molecule has 2 aliphatic rings. The summed E-state index contributed by atoms with van der Waals surface area (Å²) in [5.41, 5.74) is 3.80. The van der Waals surface area contributed by atoms with Gasteiger partial charge in [0.25, 0.3) is 0 Å². The lowest BCUT2D eigenvalue weighted by atomic mass is 9.96. The number of pyridine rings is 1. The number of aryl methyl sites for hydroxylation is 2. The molecule has 0 bridgehead atoms. The fourth-order valence-corrected chi connectivity index (χ4v) is 6.92. The van der Waals surface area contributed by atoms with E-state index in [0.29, 0.717) is 43.9 Å². The Morgan fingerprint density at radius 1 is 1.00 bits per heavy atom. The van der Waals surface area contributed by atoms with E-state index >= 15 is 0 Å². The summed E-state index contributed by atoms with van der Waals surface area (Å²) in [6.07, 6.45) is 5.21. The van der Waals surface area contributed by atoms with E-state index < -0.39 is 10.0 Å². The molecule has 0 atom stereocenters. The van der Waals surface area contributed by atoms with Crippen LogP contribution in [0.5, 0.6) is 0 Å². The number of imidazole rings is 1. The van der Waals surface area contributed by atoms with E-state index in [2.05, 4.69) is 16.1 Å². The van der Waals surface area contributed by atoms with Crippen molar-refractivity contribution in [3.8, 4) is 0 Å². The van der Waals surface area contributed by atoms with Gasteiger partial charge < -0.3 is 9.30 Å². The normalized spacial score (nSPS) is 18.9. The molecule has 2 fully saturated rings. The Morgan fingerprint density at radius 3 is 2.43 bits per heavy atom. The molecule has 8 nitrogen and oxygen atoms in total. The van der Waals surface area contributed by atoms with Gasteiger partial charge >= 0.3 is 0 Å². The molecule has 0 aliphatic carbocycles. The minimum atomic E-state index is -3.54. The number of rotatable bonds is 5. The van der Waals surface area contributed by atoms with E-state index in [1.54, 1.807) is 10.4 Å². The number of hydrogen-bond donors (Lipinski definition) is 0. The van der Waals surface area contributed by atoms with Gasteiger partial charge in [-0.05, 0) is 50.5 Å². The van der Waals surface area contributed by atoms with Crippen LogP contribution in [0.1, 0.15) is 29.7 Å². The third-order valence-corrected chi connectivity index (χ3v) is 9.29. The third-order valence-electron chi connectivity index (χ3n) is 7.23. The molecular formula is C26H33N5O3S. The van der Waals surface area contributed by atoms with Gasteiger partial charge in [0.1, 0.15) is 5.65 Å². The van der Waals surface area contributed by atoms with E-state index in [1.165, 1.54) is 0 Å². The minimum Gasteiger partial charge on any atom is -0.340 e. The van der Waals surface area contributed by atoms with E-state index in [9.17, 15) is 13.2 Å². The second-order valence-electron chi connectivity index (χ2n) is 9.75. The molecule has 0 unspecified atom stereocenters. The topological polar surface area (TPSA) is 78.2 Å². The molecule has 4 heterocycles. The van der Waals surface area contributed by atoms with E-state index in [-0.39, 0.29) is 11.8 Å². The van der Waals surface area contributed by atoms with Crippen LogP contribution >= 0.6 is 0 Å². The highest BCUT2D eigenvalue weighted by Gasteiger charge is 2.35. The average molecular weight is 496 g/mol. The van der Waals surface area contributed by atoms with Crippen molar-refractivity contribution in [2.24, 2.45) is 5.92 Å². The molecule has 0 saturated carbocycles. The van der Waals surface area contributed by atoms with Crippen LogP contribution in [0.15, 0.2) is 53.7 Å². The van der Waals surface area contributed by atoms with Crippen LogP contribution in [0.25, 0.3) is 5.65 Å². The van der Waals surface area contributed by atoms with Crippen LogP contribution < -0.4 is 0 Å². The maximum Gasteiger partial charge on any atom is 0.243 e. The highest BCUT2D eigenvalue weighted by molar-refractivity contribution is 7.89. The number of amides is 1. The summed E-state index contributed by atoms with van der Waals surface area (Å²) in [4.78, 5) is 22.5. The number of sulfonamides is 1. The number of hydrogen-bond acceptors (Lipinski definition) is 5. The summed E-state index contributed by atoms with van der Waals surface area (Å²) in [6.45, 7) is 8.39. The molecular weight excluding hydrogens is 462 g/mol. The molecule has 2 aromatic heterocycles. The van der Waals surface area contributed by atoms with Gasteiger partial charge in [-0.2, -0.15) is 4.31 Å². The first-order valence-electron chi connectivity index (χ1n) is 12.3. The molecule has 2 aliphatic heterocycles. The van der Waals surface area contributed by atoms with Gasteiger partial charge in [-0.15, -0.1) is 0 Å². The quantitative estimate of drug-likeness (QED) is 0.544. The van der Waals surface area contributed by atoms with Crippen LogP contribution in [-0.4, -0.2) is 77.1 Å². The molecule has 35 heavy (non-hydrogen) atoms. The molecule has 2 saturated heterocycles. The standard InChI is InChI=1S/C26H33N5O3S/c1-20-6-7-24(21(2)17-20)35(33,34)31-11-8-22(9-12-31)26(32)29-15-13-28(14-16-29)18-23-19-30-10-4-3-5-25(30)27-23/h3-7,10,17,19,22H,8-9,11-16,18H2,1-2H3. The zero-order valence-electron chi connectivity index (χ0n) is 20.4. The van der Waals surface area contributed by atoms with Crippen molar-refractivity contribution in [2.45, 2.75) is 38.1 Å². The first-order valence-corrected chi connectivity index (χ1v) is 13.8. The maximum atomic E-state index is 13.2. The number of aromatic nitrogens is 2. The van der Waals surface area contributed by atoms with Crippen molar-refractivity contribution in [2.75, 3.05) is 39.3 Å². The van der Waals surface area contributed by atoms with E-state index in [1.807, 2.05) is 59.7 Å². The Kier molecular flexibility index (Phi) is 6.65. The number of carbonyl (C=O) groups excluding carboxylic acids is 1. The molecule has 1 aromatic carbocycles. The van der Waals surface area contributed by atoms with Crippen molar-refractivity contribution in [3.63, 3.8) is 0 Å². The van der Waals surface area contributed by atoms with Crippen LogP contribution in [0.4, 0.5) is 0 Å². The largest absolute Gasteiger partial charge is 0.340 e. The summed E-state index contributed by atoms with van der Waals surface area (Å²) >= 11 is 0. The zero-order chi connectivity index (χ0) is 24.6. The summed E-state index contributed by atoms with van der Waals surface area (Å²) in [7, 11) is -3.54. The Morgan fingerprint density at radius 2 is 1.74 bits per heavy atom. The number of carbonyl (C=O) groups is 1. The van der Waals surface area contributed by atoms with Gasteiger partial charge in [0.15, 0.2) is 0 Å². The smallest absolute Gasteiger partial charge is 0.243 e. The summed E-state index contributed by atoms with van der Waals surface area (Å²) in [6, 6.07) is 11.4. The predicted octanol–water partition coefficient (Wildman–Crippen LogP) is 2.70. The van der Waals surface area contributed by atoms with Crippen LogP contribution in [0.3, 0.4) is 0 Å². The van der Waals surface area contributed by atoms with Gasteiger partial charge in [-0.3, -0.25) is 9.69 Å². The molecule has 9 heteroatoms. The van der Waals surface area contributed by atoms with Crippen LogP contribution in [0.2, 0.25) is 0 Å². The van der Waals surface area contributed by atoms with Gasteiger partial charge in [-0.25, -0.2) is 13.4 Å².